The van der Waals surface area contributed by atoms with Gasteiger partial charge in [-0.25, -0.2) is 4.39 Å². The second-order valence-electron chi connectivity index (χ2n) is 9.37. The number of hydrogen-bond donors (Lipinski definition) is 2. The number of nitrogens with zero attached hydrogens (tertiary/aromatic N) is 2. The molecule has 1 amide bonds. The SMILES string of the molecule is C=C(c1nc(CCC(C)NC(=O)C2CC2)cc2c(N/C(=C\F)CCN(C)C)cccc12)C(F)(F)F. The molecular formula is C26H32F4N4O. The van der Waals surface area contributed by atoms with E-state index in [-0.39, 0.29) is 28.9 Å². The second kappa shape index (κ2) is 11.2. The van der Waals surface area contributed by atoms with E-state index >= 15 is 0 Å². The van der Waals surface area contributed by atoms with Crippen molar-refractivity contribution in [2.24, 2.45) is 5.92 Å². The third-order valence-corrected chi connectivity index (χ3v) is 5.98. The van der Waals surface area contributed by atoms with Crippen LogP contribution >= 0.6 is 0 Å². The summed E-state index contributed by atoms with van der Waals surface area (Å²) in [6, 6.07) is 6.44. The van der Waals surface area contributed by atoms with Crippen LogP contribution in [0.15, 0.2) is 42.9 Å². The minimum Gasteiger partial charge on any atom is -0.356 e. The van der Waals surface area contributed by atoms with Crippen LogP contribution in [0.1, 0.15) is 44.0 Å². The number of benzene rings is 1. The molecule has 1 aromatic carbocycles. The number of allylic oxidation sites excluding steroid dienone is 1. The second-order valence-corrected chi connectivity index (χ2v) is 9.37. The van der Waals surface area contributed by atoms with Crippen molar-refractivity contribution in [1.29, 1.82) is 0 Å². The van der Waals surface area contributed by atoms with Gasteiger partial charge in [0.1, 0.15) is 6.33 Å². The minimum atomic E-state index is -4.65. The molecule has 1 unspecified atom stereocenters. The molecule has 1 fully saturated rings. The lowest BCUT2D eigenvalue weighted by atomic mass is 10.00. The first-order valence-electron chi connectivity index (χ1n) is 11.7. The van der Waals surface area contributed by atoms with Gasteiger partial charge < -0.3 is 15.5 Å². The van der Waals surface area contributed by atoms with Crippen molar-refractivity contribution in [1.82, 2.24) is 15.2 Å². The zero-order valence-electron chi connectivity index (χ0n) is 20.3. The number of aryl methyl sites for hydroxylation is 1. The molecule has 1 aliphatic carbocycles. The van der Waals surface area contributed by atoms with Gasteiger partial charge in [0.2, 0.25) is 5.91 Å². The standard InChI is InChI=1S/C26H32F4N4O/c1-16(31-25(35)18-9-10-18)8-11-19-14-22-21(24(33-19)17(2)26(28,29)30)6-5-7-23(22)32-20(15-27)12-13-34(3)4/h5-7,14-16,18,32H,2,8-13H2,1,3-4H3,(H,31,35)/b20-15-. The number of anilines is 1. The van der Waals surface area contributed by atoms with Crippen molar-refractivity contribution >= 4 is 27.9 Å². The molecule has 35 heavy (non-hydrogen) atoms. The van der Waals surface area contributed by atoms with E-state index in [0.717, 1.165) is 12.8 Å². The molecule has 190 valence electrons. The van der Waals surface area contributed by atoms with Crippen LogP contribution in [0.4, 0.5) is 23.2 Å². The lowest BCUT2D eigenvalue weighted by molar-refractivity contribution is -0.122. The fourth-order valence-electron chi connectivity index (χ4n) is 3.74. The monoisotopic (exact) mass is 492 g/mol. The van der Waals surface area contributed by atoms with E-state index in [4.69, 9.17) is 0 Å². The largest absolute Gasteiger partial charge is 0.417 e. The summed E-state index contributed by atoms with van der Waals surface area (Å²) >= 11 is 0. The Hall–Kier alpha value is -2.94. The van der Waals surface area contributed by atoms with Gasteiger partial charge in [-0.05, 0) is 58.8 Å². The summed E-state index contributed by atoms with van der Waals surface area (Å²) in [7, 11) is 3.74. The molecule has 1 aromatic heterocycles. The number of fused-ring (bicyclic) bond motifs is 1. The Balaban J connectivity index is 1.93. The predicted octanol–water partition coefficient (Wildman–Crippen LogP) is 5.83. The highest BCUT2D eigenvalue weighted by atomic mass is 19.4. The molecule has 0 saturated heterocycles. The van der Waals surface area contributed by atoms with Crippen molar-refractivity contribution in [3.05, 3.63) is 54.3 Å². The van der Waals surface area contributed by atoms with Crippen molar-refractivity contribution in [3.63, 3.8) is 0 Å². The van der Waals surface area contributed by atoms with Crippen molar-refractivity contribution < 1.29 is 22.4 Å². The van der Waals surface area contributed by atoms with Gasteiger partial charge in [-0.15, -0.1) is 0 Å². The van der Waals surface area contributed by atoms with E-state index in [9.17, 15) is 22.4 Å². The summed E-state index contributed by atoms with van der Waals surface area (Å²) in [6.45, 7) is 5.73. The van der Waals surface area contributed by atoms with Gasteiger partial charge >= 0.3 is 6.18 Å². The first kappa shape index (κ1) is 26.7. The molecule has 1 heterocycles. The average molecular weight is 493 g/mol. The van der Waals surface area contributed by atoms with Crippen molar-refractivity contribution in [2.75, 3.05) is 26.0 Å². The van der Waals surface area contributed by atoms with Crippen LogP contribution < -0.4 is 10.6 Å². The Kier molecular flexibility index (Phi) is 8.53. The van der Waals surface area contributed by atoms with Crippen LogP contribution in [0, 0.1) is 5.92 Å². The molecule has 3 rings (SSSR count). The highest BCUT2D eigenvalue weighted by Crippen LogP contribution is 2.37. The Morgan fingerprint density at radius 3 is 2.60 bits per heavy atom. The molecule has 2 aromatic rings. The Morgan fingerprint density at radius 1 is 1.29 bits per heavy atom. The summed E-state index contributed by atoms with van der Waals surface area (Å²) in [5.74, 6) is 0.0988. The van der Waals surface area contributed by atoms with Gasteiger partial charge in [-0.1, -0.05) is 18.7 Å². The van der Waals surface area contributed by atoms with E-state index in [2.05, 4.69) is 22.2 Å². The third kappa shape index (κ3) is 7.27. The molecule has 1 atom stereocenters. The summed E-state index contributed by atoms with van der Waals surface area (Å²) in [6.07, 6.45) is -1.10. The molecule has 1 aliphatic rings. The molecule has 0 radical (unpaired) electrons. The summed E-state index contributed by atoms with van der Waals surface area (Å²) in [5.41, 5.74) is -0.0381. The maximum atomic E-state index is 13.6. The fraction of sp³-hybridized carbons (Fsp3) is 0.462. The number of hydrogen-bond acceptors (Lipinski definition) is 4. The first-order valence-corrected chi connectivity index (χ1v) is 11.7. The van der Waals surface area contributed by atoms with Crippen LogP contribution in [0.2, 0.25) is 0 Å². The Bertz CT molecular complexity index is 1110. The molecule has 0 bridgehead atoms. The number of nitrogens with one attached hydrogen (secondary N) is 2. The lowest BCUT2D eigenvalue weighted by Crippen LogP contribution is -2.34. The van der Waals surface area contributed by atoms with Crippen LogP contribution in [0.5, 0.6) is 0 Å². The van der Waals surface area contributed by atoms with Crippen LogP contribution in [-0.2, 0) is 11.2 Å². The van der Waals surface area contributed by atoms with Gasteiger partial charge in [0, 0.05) is 52.8 Å². The topological polar surface area (TPSA) is 57.3 Å². The van der Waals surface area contributed by atoms with Gasteiger partial charge in [0.25, 0.3) is 0 Å². The zero-order chi connectivity index (χ0) is 25.8. The van der Waals surface area contributed by atoms with E-state index in [1.165, 1.54) is 0 Å². The highest BCUT2D eigenvalue weighted by Gasteiger charge is 2.35. The van der Waals surface area contributed by atoms with E-state index in [0.29, 0.717) is 54.6 Å². The average Bonchev–Trinajstić information content (AvgIpc) is 3.64. The maximum absolute atomic E-state index is 13.6. The zero-order valence-corrected chi connectivity index (χ0v) is 20.3. The minimum absolute atomic E-state index is 0.0184. The Morgan fingerprint density at radius 2 is 2.00 bits per heavy atom. The molecular weight excluding hydrogens is 460 g/mol. The van der Waals surface area contributed by atoms with Gasteiger partial charge in [-0.3, -0.25) is 9.78 Å². The predicted molar refractivity (Wildman–Crippen MR) is 131 cm³/mol. The molecule has 1 saturated carbocycles. The number of halogens is 4. The third-order valence-electron chi connectivity index (χ3n) is 5.98. The molecule has 9 heteroatoms. The highest BCUT2D eigenvalue weighted by molar-refractivity contribution is 6.00. The van der Waals surface area contributed by atoms with Crippen LogP contribution in [-0.4, -0.2) is 48.6 Å². The molecule has 2 N–H and O–H groups in total. The lowest BCUT2D eigenvalue weighted by Gasteiger charge is -2.19. The van der Waals surface area contributed by atoms with Gasteiger partial charge in [-0.2, -0.15) is 13.2 Å². The number of rotatable bonds is 11. The normalized spacial score (nSPS) is 15.4. The number of carbonyl (C=O) groups excluding carboxylic acids is 1. The van der Waals surface area contributed by atoms with Crippen molar-refractivity contribution in [2.45, 2.75) is 51.2 Å². The summed E-state index contributed by atoms with van der Waals surface area (Å²) in [5, 5.41) is 6.76. The number of alkyl halides is 3. The van der Waals surface area contributed by atoms with Crippen LogP contribution in [0.25, 0.3) is 16.3 Å². The smallest absolute Gasteiger partial charge is 0.356 e. The van der Waals surface area contributed by atoms with Crippen LogP contribution in [0.3, 0.4) is 0 Å². The van der Waals surface area contributed by atoms with Gasteiger partial charge in [0.15, 0.2) is 0 Å². The van der Waals surface area contributed by atoms with E-state index < -0.39 is 11.7 Å². The summed E-state index contributed by atoms with van der Waals surface area (Å²) < 4.78 is 54.4. The maximum Gasteiger partial charge on any atom is 0.417 e. The summed E-state index contributed by atoms with van der Waals surface area (Å²) in [4.78, 5) is 18.2. The first-order chi connectivity index (χ1) is 16.5. The number of aromatic nitrogens is 1. The quantitative estimate of drug-likeness (QED) is 0.388. The van der Waals surface area contributed by atoms with E-state index in [1.54, 1.807) is 24.3 Å². The molecule has 5 nitrogen and oxygen atoms in total. The number of carbonyl (C=O) groups is 1. The molecule has 0 aliphatic heterocycles. The van der Waals surface area contributed by atoms with Crippen molar-refractivity contribution in [3.8, 4) is 0 Å². The number of pyridine rings is 1. The Labute approximate surface area is 203 Å². The van der Waals surface area contributed by atoms with E-state index in [1.807, 2.05) is 25.9 Å². The molecule has 0 spiro atoms. The van der Waals surface area contributed by atoms with Gasteiger partial charge in [0.05, 0.1) is 11.3 Å². The number of amides is 1. The fourth-order valence-corrected chi connectivity index (χ4v) is 3.74.